The quantitative estimate of drug-likeness (QED) is 0.808. The van der Waals surface area contributed by atoms with Crippen LogP contribution in [0.25, 0.3) is 0 Å². The van der Waals surface area contributed by atoms with E-state index in [1.807, 2.05) is 30.3 Å². The van der Waals surface area contributed by atoms with Gasteiger partial charge in [0.15, 0.2) is 5.78 Å². The number of carbonyl (C=O) groups is 1. The molecule has 2 aromatic rings. The maximum Gasteiger partial charge on any atom is 0.245 e. The number of sulfonamides is 1. The zero-order valence-electron chi connectivity index (χ0n) is 12.7. The molecule has 5 nitrogen and oxygen atoms in total. The van der Waals surface area contributed by atoms with Gasteiger partial charge in [-0.15, -0.1) is 0 Å². The first-order valence-corrected chi connectivity index (χ1v) is 8.73. The van der Waals surface area contributed by atoms with Crippen molar-refractivity contribution in [3.8, 4) is 0 Å². The summed E-state index contributed by atoms with van der Waals surface area (Å²) in [5.74, 6) is -0.167. The van der Waals surface area contributed by atoms with Crippen LogP contribution in [0.5, 0.6) is 0 Å². The molecule has 23 heavy (non-hydrogen) atoms. The Balaban J connectivity index is 1.99. The van der Waals surface area contributed by atoms with Crippen LogP contribution in [0.1, 0.15) is 29.1 Å². The highest BCUT2D eigenvalue weighted by Crippen LogP contribution is 2.32. The second-order valence-corrected chi connectivity index (χ2v) is 7.22. The lowest BCUT2D eigenvalue weighted by molar-refractivity contribution is 0.0683. The molecule has 1 saturated heterocycles. The van der Waals surface area contributed by atoms with E-state index in [4.69, 9.17) is 4.74 Å². The van der Waals surface area contributed by atoms with Crippen molar-refractivity contribution >= 4 is 15.8 Å². The van der Waals surface area contributed by atoms with E-state index in [1.165, 1.54) is 23.4 Å². The number of hydrogen-bond donors (Lipinski definition) is 0. The predicted molar refractivity (Wildman–Crippen MR) is 85.5 cm³/mol. The summed E-state index contributed by atoms with van der Waals surface area (Å²) in [5, 5.41) is 0. The Morgan fingerprint density at radius 3 is 2.57 bits per heavy atom. The van der Waals surface area contributed by atoms with Crippen molar-refractivity contribution in [2.45, 2.75) is 18.0 Å². The van der Waals surface area contributed by atoms with Crippen LogP contribution in [0.3, 0.4) is 0 Å². The number of carbonyl (C=O) groups excluding carboxylic acids is 1. The van der Waals surface area contributed by atoms with Crippen LogP contribution in [0, 0.1) is 0 Å². The van der Waals surface area contributed by atoms with Gasteiger partial charge in [-0.25, -0.2) is 8.42 Å². The molecule has 1 heterocycles. The average molecular weight is 331 g/mol. The Labute approximate surface area is 135 Å². The molecule has 0 spiro atoms. The lowest BCUT2D eigenvalue weighted by Crippen LogP contribution is -2.31. The second kappa shape index (κ2) is 6.23. The monoisotopic (exact) mass is 331 g/mol. The molecule has 0 N–H and O–H groups in total. The molecule has 0 radical (unpaired) electrons. The first-order chi connectivity index (χ1) is 11.0. The highest BCUT2D eigenvalue weighted by atomic mass is 32.2. The van der Waals surface area contributed by atoms with Crippen molar-refractivity contribution in [1.29, 1.82) is 0 Å². The van der Waals surface area contributed by atoms with Crippen LogP contribution in [0.15, 0.2) is 59.5 Å². The molecule has 3 rings (SSSR count). The molecule has 6 heteroatoms. The van der Waals surface area contributed by atoms with Gasteiger partial charge in [-0.05, 0) is 24.6 Å². The van der Waals surface area contributed by atoms with Crippen molar-refractivity contribution in [2.24, 2.45) is 0 Å². The van der Waals surface area contributed by atoms with Crippen LogP contribution < -0.4 is 0 Å². The van der Waals surface area contributed by atoms with E-state index in [0.29, 0.717) is 12.2 Å². The highest BCUT2D eigenvalue weighted by Gasteiger charge is 2.37. The maximum absolute atomic E-state index is 12.9. The fourth-order valence-corrected chi connectivity index (χ4v) is 4.14. The number of benzene rings is 2. The van der Waals surface area contributed by atoms with Gasteiger partial charge >= 0.3 is 0 Å². The molecule has 1 aliphatic heterocycles. The normalized spacial score (nSPS) is 18.9. The van der Waals surface area contributed by atoms with Crippen molar-refractivity contribution in [1.82, 2.24) is 4.31 Å². The Morgan fingerprint density at radius 1 is 1.13 bits per heavy atom. The number of nitrogens with zero attached hydrogens (tertiary/aromatic N) is 1. The van der Waals surface area contributed by atoms with Crippen molar-refractivity contribution < 1.29 is 17.9 Å². The summed E-state index contributed by atoms with van der Waals surface area (Å²) < 4.78 is 32.8. The summed E-state index contributed by atoms with van der Waals surface area (Å²) in [6.45, 7) is 2.04. The van der Waals surface area contributed by atoms with Gasteiger partial charge in [0.2, 0.25) is 10.0 Å². The van der Waals surface area contributed by atoms with Gasteiger partial charge in [0, 0.05) is 12.1 Å². The lowest BCUT2D eigenvalue weighted by Gasteiger charge is -2.23. The van der Waals surface area contributed by atoms with Crippen LogP contribution in [0.4, 0.5) is 0 Å². The van der Waals surface area contributed by atoms with Crippen molar-refractivity contribution in [3.63, 3.8) is 0 Å². The summed E-state index contributed by atoms with van der Waals surface area (Å²) in [5.41, 5.74) is 1.17. The second-order valence-electron chi connectivity index (χ2n) is 5.33. The molecule has 0 bridgehead atoms. The third-order valence-corrected chi connectivity index (χ3v) is 5.62. The fraction of sp³-hybridized carbons (Fsp3) is 0.235. The molecule has 0 aromatic heterocycles. The highest BCUT2D eigenvalue weighted by molar-refractivity contribution is 7.89. The molecule has 1 aliphatic rings. The number of Topliss-reactive ketones (excluding diaryl/α,β-unsaturated/α-hetero) is 1. The van der Waals surface area contributed by atoms with Crippen molar-refractivity contribution in [2.75, 3.05) is 13.2 Å². The molecule has 120 valence electrons. The Kier molecular flexibility index (Phi) is 4.30. The largest absolute Gasteiger partial charge is 0.356 e. The van der Waals surface area contributed by atoms with Gasteiger partial charge in [0.05, 0.1) is 11.5 Å². The third-order valence-electron chi connectivity index (χ3n) is 3.78. The standard InChI is InChI=1S/C17H17NO4S/c1-13(19)15-8-5-9-16(12-15)23(20,21)18-10-11-22-17(18)14-6-3-2-4-7-14/h2-9,12,17H,10-11H2,1H3. The first-order valence-electron chi connectivity index (χ1n) is 7.29. The maximum atomic E-state index is 12.9. The Bertz CT molecular complexity index is 817. The minimum absolute atomic E-state index is 0.108. The van der Waals surface area contributed by atoms with Crippen LogP contribution >= 0.6 is 0 Å². The summed E-state index contributed by atoms with van der Waals surface area (Å²) in [7, 11) is -3.74. The third kappa shape index (κ3) is 3.06. The van der Waals surface area contributed by atoms with Gasteiger partial charge < -0.3 is 4.74 Å². The van der Waals surface area contributed by atoms with E-state index >= 15 is 0 Å². The molecule has 0 saturated carbocycles. The smallest absolute Gasteiger partial charge is 0.245 e. The minimum Gasteiger partial charge on any atom is -0.356 e. The number of ether oxygens (including phenoxy) is 1. The topological polar surface area (TPSA) is 63.7 Å². The molecule has 1 atom stereocenters. The summed E-state index contributed by atoms with van der Waals surface area (Å²) in [6.07, 6.45) is -0.637. The molecule has 0 aliphatic carbocycles. The number of hydrogen-bond acceptors (Lipinski definition) is 4. The zero-order chi connectivity index (χ0) is 16.4. The average Bonchev–Trinajstić information content (AvgIpc) is 3.06. The number of ketones is 1. The summed E-state index contributed by atoms with van der Waals surface area (Å²) in [4.78, 5) is 11.6. The molecular weight excluding hydrogens is 314 g/mol. The predicted octanol–water partition coefficient (Wildman–Crippen LogP) is 2.61. The molecular formula is C17H17NO4S. The van der Waals surface area contributed by atoms with Crippen molar-refractivity contribution in [3.05, 3.63) is 65.7 Å². The lowest BCUT2D eigenvalue weighted by atomic mass is 10.2. The van der Waals surface area contributed by atoms with Crippen LogP contribution in [0.2, 0.25) is 0 Å². The zero-order valence-corrected chi connectivity index (χ0v) is 13.5. The molecule has 1 fully saturated rings. The van der Waals surface area contributed by atoms with Gasteiger partial charge in [-0.2, -0.15) is 4.31 Å². The molecule has 0 amide bonds. The van der Waals surface area contributed by atoms with E-state index in [1.54, 1.807) is 12.1 Å². The molecule has 2 aromatic carbocycles. The Morgan fingerprint density at radius 2 is 1.87 bits per heavy atom. The van der Waals surface area contributed by atoms with Crippen LogP contribution in [-0.2, 0) is 14.8 Å². The summed E-state index contributed by atoms with van der Waals surface area (Å²) in [6, 6.07) is 15.3. The van der Waals surface area contributed by atoms with Gasteiger partial charge in [-0.3, -0.25) is 4.79 Å². The van der Waals surface area contributed by atoms with E-state index in [0.717, 1.165) is 5.56 Å². The fourth-order valence-electron chi connectivity index (χ4n) is 2.59. The van der Waals surface area contributed by atoms with Gasteiger partial charge in [0.25, 0.3) is 0 Å². The van der Waals surface area contributed by atoms with Gasteiger partial charge in [-0.1, -0.05) is 42.5 Å². The van der Waals surface area contributed by atoms with E-state index in [9.17, 15) is 13.2 Å². The van der Waals surface area contributed by atoms with Crippen LogP contribution in [-0.4, -0.2) is 31.7 Å². The van der Waals surface area contributed by atoms with Gasteiger partial charge in [0.1, 0.15) is 6.23 Å². The number of rotatable bonds is 4. The summed E-state index contributed by atoms with van der Waals surface area (Å²) >= 11 is 0. The Hall–Kier alpha value is -2.02. The molecule has 1 unspecified atom stereocenters. The van der Waals surface area contributed by atoms with E-state index < -0.39 is 16.3 Å². The van der Waals surface area contributed by atoms with E-state index in [2.05, 4.69) is 0 Å². The minimum atomic E-state index is -3.74. The van der Waals surface area contributed by atoms with E-state index in [-0.39, 0.29) is 17.2 Å². The SMILES string of the molecule is CC(=O)c1cccc(S(=O)(=O)N2CCOC2c2ccccc2)c1. The first kappa shape index (κ1) is 15.9.